The van der Waals surface area contributed by atoms with Crippen LogP contribution in [0.5, 0.6) is 5.75 Å². The summed E-state index contributed by atoms with van der Waals surface area (Å²) in [5.41, 5.74) is 2.39. The number of fused-ring (bicyclic) bond motifs is 1. The lowest BCUT2D eigenvalue weighted by Crippen LogP contribution is -2.29. The second-order valence-corrected chi connectivity index (χ2v) is 5.10. The van der Waals surface area contributed by atoms with Crippen LogP contribution in [0.3, 0.4) is 0 Å². The van der Waals surface area contributed by atoms with Gasteiger partial charge in [0.2, 0.25) is 0 Å². The van der Waals surface area contributed by atoms with Crippen LogP contribution >= 0.6 is 0 Å². The maximum atomic E-state index is 13.2. The highest BCUT2D eigenvalue weighted by atomic mass is 19.1. The van der Waals surface area contributed by atoms with Gasteiger partial charge in [0, 0.05) is 19.5 Å². The maximum absolute atomic E-state index is 13.2. The molecule has 4 heteroatoms. The molecule has 1 aliphatic rings. The minimum Gasteiger partial charge on any atom is -0.488 e. The predicted molar refractivity (Wildman–Crippen MR) is 77.4 cm³/mol. The van der Waals surface area contributed by atoms with Gasteiger partial charge in [0.1, 0.15) is 17.7 Å². The summed E-state index contributed by atoms with van der Waals surface area (Å²) in [5, 5.41) is 12.3. The summed E-state index contributed by atoms with van der Waals surface area (Å²) < 4.78 is 19.1. The molecule has 0 aliphatic carbocycles. The highest BCUT2D eigenvalue weighted by Gasteiger charge is 2.21. The number of nitrogens with zero attached hydrogens (tertiary/aromatic N) is 1. The van der Waals surface area contributed by atoms with E-state index in [2.05, 4.69) is 17.5 Å². The fraction of sp³-hybridized carbons (Fsp3) is 0.235. The molecule has 1 heterocycles. The molecule has 0 bridgehead atoms. The Hall–Kier alpha value is -2.38. The Morgan fingerprint density at radius 2 is 2.14 bits per heavy atom. The molecule has 3 nitrogen and oxygen atoms in total. The first-order valence-electron chi connectivity index (χ1n) is 6.90. The fourth-order valence-electron chi connectivity index (χ4n) is 2.55. The Morgan fingerprint density at radius 1 is 1.29 bits per heavy atom. The summed E-state index contributed by atoms with van der Waals surface area (Å²) in [6, 6.07) is 14.3. The number of halogens is 1. The summed E-state index contributed by atoms with van der Waals surface area (Å²) in [6.45, 7) is 1.12. The van der Waals surface area contributed by atoms with Crippen molar-refractivity contribution < 1.29 is 9.13 Å². The Kier molecular flexibility index (Phi) is 3.85. The first-order chi connectivity index (χ1) is 10.3. The lowest BCUT2D eigenvalue weighted by Gasteiger charge is -2.12. The molecule has 0 radical (unpaired) electrons. The van der Waals surface area contributed by atoms with Gasteiger partial charge in [-0.15, -0.1) is 0 Å². The van der Waals surface area contributed by atoms with Crippen LogP contribution in [0.2, 0.25) is 0 Å². The van der Waals surface area contributed by atoms with Gasteiger partial charge in [-0.05, 0) is 35.4 Å². The number of nitriles is 1. The Morgan fingerprint density at radius 3 is 2.95 bits per heavy atom. The van der Waals surface area contributed by atoms with Crippen LogP contribution in [0.1, 0.15) is 16.7 Å². The highest BCUT2D eigenvalue weighted by Crippen LogP contribution is 2.27. The molecule has 0 fully saturated rings. The zero-order valence-corrected chi connectivity index (χ0v) is 11.5. The van der Waals surface area contributed by atoms with Crippen molar-refractivity contribution in [3.8, 4) is 11.8 Å². The molecule has 21 heavy (non-hydrogen) atoms. The van der Waals surface area contributed by atoms with Crippen LogP contribution in [-0.2, 0) is 13.0 Å². The van der Waals surface area contributed by atoms with Gasteiger partial charge in [-0.2, -0.15) is 5.26 Å². The normalized spacial score (nSPS) is 16.1. The van der Waals surface area contributed by atoms with Gasteiger partial charge in [-0.3, -0.25) is 0 Å². The third-order valence-corrected chi connectivity index (χ3v) is 3.59. The molecule has 2 aromatic rings. The van der Waals surface area contributed by atoms with E-state index in [1.54, 1.807) is 0 Å². The van der Waals surface area contributed by atoms with E-state index in [-0.39, 0.29) is 11.9 Å². The zero-order chi connectivity index (χ0) is 14.7. The van der Waals surface area contributed by atoms with Gasteiger partial charge in [-0.25, -0.2) is 4.39 Å². The fourth-order valence-corrected chi connectivity index (χ4v) is 2.55. The lowest BCUT2D eigenvalue weighted by molar-refractivity contribution is 0.227. The summed E-state index contributed by atoms with van der Waals surface area (Å²) in [4.78, 5) is 0. The van der Waals surface area contributed by atoms with Crippen LogP contribution < -0.4 is 10.1 Å². The Labute approximate surface area is 123 Å². The summed E-state index contributed by atoms with van der Waals surface area (Å²) in [7, 11) is 0. The predicted octanol–water partition coefficient (Wildman–Crippen LogP) is 2.79. The van der Waals surface area contributed by atoms with Crippen molar-refractivity contribution in [1.82, 2.24) is 5.32 Å². The molecule has 2 aromatic carbocycles. The van der Waals surface area contributed by atoms with Crippen LogP contribution in [-0.4, -0.2) is 12.6 Å². The van der Waals surface area contributed by atoms with Gasteiger partial charge < -0.3 is 10.1 Å². The molecular weight excluding hydrogens is 267 g/mol. The second-order valence-electron chi connectivity index (χ2n) is 5.10. The van der Waals surface area contributed by atoms with Crippen molar-refractivity contribution in [3.63, 3.8) is 0 Å². The van der Waals surface area contributed by atoms with E-state index in [0.29, 0.717) is 24.2 Å². The van der Waals surface area contributed by atoms with Crippen molar-refractivity contribution in [3.05, 3.63) is 65.0 Å². The zero-order valence-electron chi connectivity index (χ0n) is 11.5. The molecule has 0 spiro atoms. The molecular formula is C17H15FN2O. The van der Waals surface area contributed by atoms with Crippen molar-refractivity contribution in [2.24, 2.45) is 0 Å². The van der Waals surface area contributed by atoms with E-state index >= 15 is 0 Å². The van der Waals surface area contributed by atoms with Crippen LogP contribution in [0.4, 0.5) is 4.39 Å². The SMILES string of the molecule is N#Cc1ccc(F)cc1CNCC1Cc2ccccc2O1. The largest absolute Gasteiger partial charge is 0.488 e. The summed E-state index contributed by atoms with van der Waals surface area (Å²) in [5.74, 6) is 0.614. The number of para-hydroxylation sites is 1. The van der Waals surface area contributed by atoms with Crippen LogP contribution in [0, 0.1) is 17.1 Å². The van der Waals surface area contributed by atoms with Gasteiger partial charge >= 0.3 is 0 Å². The third-order valence-electron chi connectivity index (χ3n) is 3.59. The average Bonchev–Trinajstić information content (AvgIpc) is 2.90. The number of nitrogens with one attached hydrogen (secondary N) is 1. The number of rotatable bonds is 4. The minimum absolute atomic E-state index is 0.0847. The molecule has 0 amide bonds. The van der Waals surface area contributed by atoms with E-state index in [4.69, 9.17) is 10.00 Å². The highest BCUT2D eigenvalue weighted by molar-refractivity contribution is 5.38. The molecule has 1 atom stereocenters. The molecule has 0 saturated carbocycles. The number of ether oxygens (including phenoxy) is 1. The van der Waals surface area contributed by atoms with Crippen molar-refractivity contribution in [2.45, 2.75) is 19.1 Å². The van der Waals surface area contributed by atoms with Gasteiger partial charge in [0.05, 0.1) is 11.6 Å². The first-order valence-corrected chi connectivity index (χ1v) is 6.90. The van der Waals surface area contributed by atoms with Crippen LogP contribution in [0.25, 0.3) is 0 Å². The summed E-state index contributed by atoms with van der Waals surface area (Å²) >= 11 is 0. The Bertz CT molecular complexity index is 668. The smallest absolute Gasteiger partial charge is 0.123 e. The minimum atomic E-state index is -0.324. The quantitative estimate of drug-likeness (QED) is 0.938. The number of hydrogen-bond acceptors (Lipinski definition) is 3. The molecule has 0 saturated heterocycles. The molecule has 1 aliphatic heterocycles. The monoisotopic (exact) mass is 282 g/mol. The first kappa shape index (κ1) is 13.6. The van der Waals surface area contributed by atoms with Gasteiger partial charge in [0.25, 0.3) is 0 Å². The lowest BCUT2D eigenvalue weighted by atomic mass is 10.1. The number of benzene rings is 2. The van der Waals surface area contributed by atoms with E-state index in [0.717, 1.165) is 12.2 Å². The van der Waals surface area contributed by atoms with E-state index < -0.39 is 0 Å². The molecule has 106 valence electrons. The van der Waals surface area contributed by atoms with Gasteiger partial charge in [0.15, 0.2) is 0 Å². The third kappa shape index (κ3) is 3.04. The van der Waals surface area contributed by atoms with E-state index in [1.165, 1.54) is 23.8 Å². The van der Waals surface area contributed by atoms with E-state index in [1.807, 2.05) is 18.2 Å². The van der Waals surface area contributed by atoms with Crippen molar-refractivity contribution >= 4 is 0 Å². The summed E-state index contributed by atoms with van der Waals surface area (Å²) in [6.07, 6.45) is 0.957. The van der Waals surface area contributed by atoms with Gasteiger partial charge in [-0.1, -0.05) is 18.2 Å². The Balaban J connectivity index is 1.56. The molecule has 1 N–H and O–H groups in total. The topological polar surface area (TPSA) is 45.0 Å². The van der Waals surface area contributed by atoms with Crippen molar-refractivity contribution in [1.29, 1.82) is 5.26 Å². The van der Waals surface area contributed by atoms with E-state index in [9.17, 15) is 4.39 Å². The molecule has 1 unspecified atom stereocenters. The number of hydrogen-bond donors (Lipinski definition) is 1. The second kappa shape index (κ2) is 5.94. The molecule has 0 aromatic heterocycles. The van der Waals surface area contributed by atoms with Crippen molar-refractivity contribution in [2.75, 3.05) is 6.54 Å². The standard InChI is InChI=1S/C17H15FN2O/c18-15-6-5-13(9-19)14(7-15)10-20-11-16-8-12-3-1-2-4-17(12)21-16/h1-7,16,20H,8,10-11H2. The maximum Gasteiger partial charge on any atom is 0.123 e. The van der Waals surface area contributed by atoms with Crippen LogP contribution in [0.15, 0.2) is 42.5 Å². The average molecular weight is 282 g/mol. The molecule has 3 rings (SSSR count).